The number of likely N-dealkylation sites (tertiary alicyclic amines) is 1. The summed E-state index contributed by atoms with van der Waals surface area (Å²) < 4.78 is 0. The van der Waals surface area contributed by atoms with Gasteiger partial charge in [-0.25, -0.2) is 0 Å². The molecule has 1 atom stereocenters. The van der Waals surface area contributed by atoms with E-state index in [1.165, 1.54) is 0 Å². The Balaban J connectivity index is 2.09. The van der Waals surface area contributed by atoms with E-state index in [1.807, 2.05) is 19.1 Å². The van der Waals surface area contributed by atoms with Crippen molar-refractivity contribution in [2.45, 2.75) is 39.3 Å². The van der Waals surface area contributed by atoms with Crippen LogP contribution in [-0.4, -0.2) is 43.0 Å². The Labute approximate surface area is 121 Å². The summed E-state index contributed by atoms with van der Waals surface area (Å²) in [5.41, 5.74) is 2.84. The lowest BCUT2D eigenvalue weighted by Crippen LogP contribution is -2.31. The summed E-state index contributed by atoms with van der Waals surface area (Å²) >= 11 is 0. The van der Waals surface area contributed by atoms with Crippen molar-refractivity contribution in [2.24, 2.45) is 0 Å². The zero-order valence-corrected chi connectivity index (χ0v) is 12.9. The minimum atomic E-state index is -0.0265. The molecule has 1 aliphatic heterocycles. The third kappa shape index (κ3) is 3.12. The highest BCUT2D eigenvalue weighted by atomic mass is 16.1. The van der Waals surface area contributed by atoms with Gasteiger partial charge in [0, 0.05) is 43.5 Å². The van der Waals surface area contributed by atoms with E-state index in [-0.39, 0.29) is 5.91 Å². The number of benzene rings is 1. The quantitative estimate of drug-likeness (QED) is 0.886. The molecule has 1 heterocycles. The number of carbonyl (C=O) groups is 1. The molecule has 0 spiro atoms. The van der Waals surface area contributed by atoms with Crippen molar-refractivity contribution in [1.29, 1.82) is 0 Å². The molecule has 2 N–H and O–H groups in total. The van der Waals surface area contributed by atoms with Crippen molar-refractivity contribution >= 4 is 11.6 Å². The number of nitrogens with zero attached hydrogens (tertiary/aromatic N) is 1. The van der Waals surface area contributed by atoms with Crippen LogP contribution in [0.25, 0.3) is 0 Å². The number of rotatable bonds is 4. The Bertz CT molecular complexity index is 485. The second-order valence-corrected chi connectivity index (χ2v) is 5.78. The number of hydrogen-bond donors (Lipinski definition) is 2. The maximum atomic E-state index is 11.8. The van der Waals surface area contributed by atoms with Crippen molar-refractivity contribution < 1.29 is 4.79 Å². The van der Waals surface area contributed by atoms with E-state index < -0.39 is 0 Å². The molecular formula is C16H25N3O. The highest BCUT2D eigenvalue weighted by Gasteiger charge is 2.24. The third-order valence-corrected chi connectivity index (χ3v) is 4.12. The Morgan fingerprint density at radius 3 is 2.75 bits per heavy atom. The minimum Gasteiger partial charge on any atom is -0.381 e. The fraction of sp³-hybridized carbons (Fsp3) is 0.562. The molecule has 0 aromatic heterocycles. The van der Waals surface area contributed by atoms with E-state index in [4.69, 9.17) is 0 Å². The van der Waals surface area contributed by atoms with Gasteiger partial charge >= 0.3 is 0 Å². The topological polar surface area (TPSA) is 44.4 Å². The molecule has 0 radical (unpaired) electrons. The first-order chi connectivity index (χ1) is 9.52. The predicted octanol–water partition coefficient (Wildman–Crippen LogP) is 2.25. The lowest BCUT2D eigenvalue weighted by atomic mass is 10.1. The van der Waals surface area contributed by atoms with Crippen molar-refractivity contribution in [2.75, 3.05) is 25.5 Å². The van der Waals surface area contributed by atoms with Crippen LogP contribution in [0, 0.1) is 6.92 Å². The van der Waals surface area contributed by atoms with E-state index in [2.05, 4.69) is 35.4 Å². The molecule has 0 bridgehead atoms. The first kappa shape index (κ1) is 14.9. The molecule has 1 fully saturated rings. The molecule has 0 saturated carbocycles. The van der Waals surface area contributed by atoms with Gasteiger partial charge in [0.25, 0.3) is 5.91 Å². The summed E-state index contributed by atoms with van der Waals surface area (Å²) in [7, 11) is 1.67. The molecule has 1 aliphatic rings. The lowest BCUT2D eigenvalue weighted by Gasteiger charge is -2.21. The molecule has 1 aromatic carbocycles. The van der Waals surface area contributed by atoms with Gasteiger partial charge in [0.15, 0.2) is 0 Å². The molecule has 2 rings (SSSR count). The monoisotopic (exact) mass is 275 g/mol. The molecule has 20 heavy (non-hydrogen) atoms. The summed E-state index contributed by atoms with van der Waals surface area (Å²) in [6, 6.07) is 6.93. The van der Waals surface area contributed by atoms with Crippen LogP contribution in [0.15, 0.2) is 18.2 Å². The first-order valence-corrected chi connectivity index (χ1v) is 7.35. The fourth-order valence-electron chi connectivity index (χ4n) is 2.77. The molecule has 4 nitrogen and oxygen atoms in total. The molecule has 0 aliphatic carbocycles. The van der Waals surface area contributed by atoms with Crippen LogP contribution in [0.2, 0.25) is 0 Å². The highest BCUT2D eigenvalue weighted by Crippen LogP contribution is 2.23. The molecule has 1 amide bonds. The molecule has 110 valence electrons. The summed E-state index contributed by atoms with van der Waals surface area (Å²) in [4.78, 5) is 14.3. The second-order valence-electron chi connectivity index (χ2n) is 5.78. The van der Waals surface area contributed by atoms with Crippen LogP contribution in [0.1, 0.15) is 36.2 Å². The molecule has 1 aromatic rings. The van der Waals surface area contributed by atoms with Crippen molar-refractivity contribution in [3.63, 3.8) is 0 Å². The van der Waals surface area contributed by atoms with Crippen LogP contribution in [0.3, 0.4) is 0 Å². The van der Waals surface area contributed by atoms with Gasteiger partial charge in [0.05, 0.1) is 0 Å². The summed E-state index contributed by atoms with van der Waals surface area (Å²) in [6.45, 7) is 8.69. The summed E-state index contributed by atoms with van der Waals surface area (Å²) in [5.74, 6) is -0.0265. The predicted molar refractivity (Wildman–Crippen MR) is 83.3 cm³/mol. The highest BCUT2D eigenvalue weighted by molar-refractivity contribution is 5.96. The standard InChI is InChI=1S/C16H25N3O/c1-11(2)19-9-8-13(10-19)18-15-7-5-6-14(12(15)3)16(20)17-4/h5-7,11,13,18H,8-10H2,1-4H3,(H,17,20). The van der Waals surface area contributed by atoms with Crippen molar-refractivity contribution in [1.82, 2.24) is 10.2 Å². The lowest BCUT2D eigenvalue weighted by molar-refractivity contribution is 0.0962. The minimum absolute atomic E-state index is 0.0265. The SMILES string of the molecule is CNC(=O)c1cccc(NC2CCN(C(C)C)C2)c1C. The van der Waals surface area contributed by atoms with Gasteiger partial charge in [-0.3, -0.25) is 9.69 Å². The molecule has 1 unspecified atom stereocenters. The van der Waals surface area contributed by atoms with Gasteiger partial charge in [-0.1, -0.05) is 6.07 Å². The summed E-state index contributed by atoms with van der Waals surface area (Å²) in [6.07, 6.45) is 1.15. The Hall–Kier alpha value is -1.55. The number of amides is 1. The van der Waals surface area contributed by atoms with E-state index in [0.29, 0.717) is 12.1 Å². The second kappa shape index (κ2) is 6.27. The van der Waals surface area contributed by atoms with Crippen LogP contribution in [0.5, 0.6) is 0 Å². The molecular weight excluding hydrogens is 250 g/mol. The van der Waals surface area contributed by atoms with E-state index in [9.17, 15) is 4.79 Å². The number of nitrogens with one attached hydrogen (secondary N) is 2. The average molecular weight is 275 g/mol. The van der Waals surface area contributed by atoms with E-state index in [1.54, 1.807) is 7.05 Å². The van der Waals surface area contributed by atoms with Crippen LogP contribution in [-0.2, 0) is 0 Å². The maximum Gasteiger partial charge on any atom is 0.251 e. The van der Waals surface area contributed by atoms with Crippen LogP contribution in [0.4, 0.5) is 5.69 Å². The van der Waals surface area contributed by atoms with Gasteiger partial charge in [0.1, 0.15) is 0 Å². The van der Waals surface area contributed by atoms with Crippen molar-refractivity contribution in [3.8, 4) is 0 Å². The number of hydrogen-bond acceptors (Lipinski definition) is 3. The zero-order valence-electron chi connectivity index (χ0n) is 12.9. The smallest absolute Gasteiger partial charge is 0.251 e. The average Bonchev–Trinajstić information content (AvgIpc) is 2.89. The number of anilines is 1. The van der Waals surface area contributed by atoms with Crippen LogP contribution >= 0.6 is 0 Å². The van der Waals surface area contributed by atoms with Crippen molar-refractivity contribution in [3.05, 3.63) is 29.3 Å². The Morgan fingerprint density at radius 2 is 2.15 bits per heavy atom. The fourth-order valence-corrected chi connectivity index (χ4v) is 2.77. The zero-order chi connectivity index (χ0) is 14.7. The van der Waals surface area contributed by atoms with E-state index >= 15 is 0 Å². The van der Waals surface area contributed by atoms with Gasteiger partial charge in [-0.15, -0.1) is 0 Å². The molecule has 1 saturated heterocycles. The Morgan fingerprint density at radius 1 is 1.40 bits per heavy atom. The molecule has 4 heteroatoms. The van der Waals surface area contributed by atoms with Gasteiger partial charge in [-0.2, -0.15) is 0 Å². The largest absolute Gasteiger partial charge is 0.381 e. The third-order valence-electron chi connectivity index (χ3n) is 4.12. The van der Waals surface area contributed by atoms with E-state index in [0.717, 1.165) is 36.3 Å². The van der Waals surface area contributed by atoms with Gasteiger partial charge < -0.3 is 10.6 Å². The van der Waals surface area contributed by atoms with Gasteiger partial charge in [0.2, 0.25) is 0 Å². The van der Waals surface area contributed by atoms with Crippen LogP contribution < -0.4 is 10.6 Å². The summed E-state index contributed by atoms with van der Waals surface area (Å²) in [5, 5.41) is 6.28. The maximum absolute atomic E-state index is 11.8. The first-order valence-electron chi connectivity index (χ1n) is 7.35. The number of carbonyl (C=O) groups excluding carboxylic acids is 1. The Kier molecular flexibility index (Phi) is 4.65. The van der Waals surface area contributed by atoms with Gasteiger partial charge in [-0.05, 0) is 44.9 Å². The normalized spacial score (nSPS) is 19.4.